The second-order valence-electron chi connectivity index (χ2n) is 6.12. The molecule has 2 unspecified atom stereocenters. The Balaban J connectivity index is 2.08. The molecule has 140 valence electrons. The van der Waals surface area contributed by atoms with Gasteiger partial charge in [-0.3, -0.25) is 4.79 Å². The molecule has 1 aliphatic rings. The Morgan fingerprint density at radius 3 is 2.30 bits per heavy atom. The van der Waals surface area contributed by atoms with Gasteiger partial charge in [-0.05, 0) is 11.1 Å². The number of benzene rings is 2. The van der Waals surface area contributed by atoms with Crippen LogP contribution in [0, 0.1) is 0 Å². The van der Waals surface area contributed by atoms with E-state index in [9.17, 15) is 15.0 Å². The standard InChI is InChI=1S/C20H21N3O4/c1-27-17(14-10-6-3-7-11-14)19-22-20(26)16(24)15(18(21)25)23(19)12-13-8-4-2-5-9-13/h2-11,15,17,24,26H,12H2,1H3,(H2,21,25). The highest BCUT2D eigenvalue weighted by atomic mass is 16.5. The van der Waals surface area contributed by atoms with Gasteiger partial charge < -0.3 is 25.6 Å². The summed E-state index contributed by atoms with van der Waals surface area (Å²) in [5, 5.41) is 20.3. The number of carbonyl (C=O) groups is 1. The first kappa shape index (κ1) is 18.5. The van der Waals surface area contributed by atoms with Crippen molar-refractivity contribution >= 4 is 11.7 Å². The van der Waals surface area contributed by atoms with Crippen LogP contribution in [-0.4, -0.2) is 40.0 Å². The minimum Gasteiger partial charge on any atom is -0.505 e. The van der Waals surface area contributed by atoms with Crippen LogP contribution in [0.25, 0.3) is 0 Å². The van der Waals surface area contributed by atoms with Crippen LogP contribution in [0.2, 0.25) is 0 Å². The van der Waals surface area contributed by atoms with E-state index in [2.05, 4.69) is 4.99 Å². The number of amidine groups is 1. The Morgan fingerprint density at radius 1 is 1.15 bits per heavy atom. The lowest BCUT2D eigenvalue weighted by Crippen LogP contribution is -2.52. The Morgan fingerprint density at radius 2 is 1.74 bits per heavy atom. The van der Waals surface area contributed by atoms with E-state index < -0.39 is 29.7 Å². The number of hydrogen-bond acceptors (Lipinski definition) is 6. The Kier molecular flexibility index (Phi) is 5.42. The third-order valence-electron chi connectivity index (χ3n) is 4.35. The second kappa shape index (κ2) is 7.92. The van der Waals surface area contributed by atoms with Gasteiger partial charge in [0.05, 0.1) is 0 Å². The number of aliphatic imine (C=N–C) groups is 1. The van der Waals surface area contributed by atoms with Gasteiger partial charge in [-0.1, -0.05) is 60.7 Å². The number of carbonyl (C=O) groups excluding carboxylic acids is 1. The molecule has 1 heterocycles. The van der Waals surface area contributed by atoms with Crippen molar-refractivity contribution in [1.29, 1.82) is 0 Å². The second-order valence-corrected chi connectivity index (χ2v) is 6.12. The zero-order valence-electron chi connectivity index (χ0n) is 14.8. The van der Waals surface area contributed by atoms with Gasteiger partial charge in [0, 0.05) is 13.7 Å². The maximum atomic E-state index is 12.1. The van der Waals surface area contributed by atoms with Crippen molar-refractivity contribution in [2.45, 2.75) is 18.7 Å². The molecule has 0 fully saturated rings. The highest BCUT2D eigenvalue weighted by Gasteiger charge is 2.39. The maximum Gasteiger partial charge on any atom is 0.254 e. The molecule has 0 saturated carbocycles. The normalized spacial score (nSPS) is 18.2. The van der Waals surface area contributed by atoms with Crippen LogP contribution in [0.1, 0.15) is 17.2 Å². The number of amides is 1. The van der Waals surface area contributed by atoms with Crippen LogP contribution in [0.3, 0.4) is 0 Å². The smallest absolute Gasteiger partial charge is 0.254 e. The number of nitrogens with two attached hydrogens (primary N) is 1. The van der Waals surface area contributed by atoms with E-state index in [1.54, 1.807) is 4.90 Å². The van der Waals surface area contributed by atoms with Crippen LogP contribution in [0.4, 0.5) is 0 Å². The number of rotatable bonds is 6. The zero-order valence-corrected chi connectivity index (χ0v) is 14.8. The summed E-state index contributed by atoms with van der Waals surface area (Å²) < 4.78 is 5.62. The lowest BCUT2D eigenvalue weighted by atomic mass is 10.0. The maximum absolute atomic E-state index is 12.1. The van der Waals surface area contributed by atoms with Crippen LogP contribution in [-0.2, 0) is 16.1 Å². The van der Waals surface area contributed by atoms with Crippen molar-refractivity contribution in [3.05, 3.63) is 83.4 Å². The molecule has 1 amide bonds. The quantitative estimate of drug-likeness (QED) is 0.727. The molecule has 0 aromatic heterocycles. The average molecular weight is 367 g/mol. The molecule has 2 aromatic carbocycles. The first-order valence-electron chi connectivity index (χ1n) is 8.41. The van der Waals surface area contributed by atoms with Crippen LogP contribution in [0.5, 0.6) is 0 Å². The Hall–Kier alpha value is -3.32. The molecule has 7 nitrogen and oxygen atoms in total. The summed E-state index contributed by atoms with van der Waals surface area (Å²) in [6.07, 6.45) is -0.660. The summed E-state index contributed by atoms with van der Waals surface area (Å²) in [5.74, 6) is -1.74. The predicted octanol–water partition coefficient (Wildman–Crippen LogP) is 2.43. The van der Waals surface area contributed by atoms with Crippen molar-refractivity contribution in [2.75, 3.05) is 7.11 Å². The number of aliphatic hydroxyl groups is 2. The van der Waals surface area contributed by atoms with E-state index in [0.717, 1.165) is 11.1 Å². The van der Waals surface area contributed by atoms with Crippen LogP contribution >= 0.6 is 0 Å². The third-order valence-corrected chi connectivity index (χ3v) is 4.35. The number of hydrogen-bond donors (Lipinski definition) is 3. The molecule has 2 atom stereocenters. The lowest BCUT2D eigenvalue weighted by Gasteiger charge is -2.37. The van der Waals surface area contributed by atoms with E-state index >= 15 is 0 Å². The van der Waals surface area contributed by atoms with Gasteiger partial charge in [0.25, 0.3) is 5.88 Å². The molecule has 3 rings (SSSR count). The van der Waals surface area contributed by atoms with Gasteiger partial charge in [0.1, 0.15) is 11.9 Å². The fourth-order valence-electron chi connectivity index (χ4n) is 3.10. The predicted molar refractivity (Wildman–Crippen MR) is 101 cm³/mol. The minimum atomic E-state index is -1.25. The molecule has 0 spiro atoms. The van der Waals surface area contributed by atoms with E-state index in [-0.39, 0.29) is 12.4 Å². The van der Waals surface area contributed by atoms with Gasteiger partial charge in [-0.25, -0.2) is 0 Å². The molecule has 7 heteroatoms. The largest absolute Gasteiger partial charge is 0.505 e. The molecule has 0 aliphatic carbocycles. The molecule has 2 aromatic rings. The average Bonchev–Trinajstić information content (AvgIpc) is 2.67. The lowest BCUT2D eigenvalue weighted by molar-refractivity contribution is -0.122. The summed E-state index contributed by atoms with van der Waals surface area (Å²) in [4.78, 5) is 17.7. The van der Waals surface area contributed by atoms with E-state index in [0.29, 0.717) is 0 Å². The van der Waals surface area contributed by atoms with Crippen molar-refractivity contribution < 1.29 is 19.7 Å². The molecule has 0 radical (unpaired) electrons. The van der Waals surface area contributed by atoms with Gasteiger partial charge in [-0.15, -0.1) is 0 Å². The zero-order chi connectivity index (χ0) is 19.4. The van der Waals surface area contributed by atoms with Crippen molar-refractivity contribution in [3.8, 4) is 0 Å². The van der Waals surface area contributed by atoms with Crippen molar-refractivity contribution in [1.82, 2.24) is 4.90 Å². The van der Waals surface area contributed by atoms with Gasteiger partial charge in [0.2, 0.25) is 5.91 Å². The number of nitrogens with zero attached hydrogens (tertiary/aromatic N) is 2. The summed E-state index contributed by atoms with van der Waals surface area (Å²) in [5.41, 5.74) is 7.19. The fourth-order valence-corrected chi connectivity index (χ4v) is 3.10. The molecule has 4 N–H and O–H groups in total. The molecule has 27 heavy (non-hydrogen) atoms. The molecule has 1 aliphatic heterocycles. The highest BCUT2D eigenvalue weighted by Crippen LogP contribution is 2.29. The summed E-state index contributed by atoms with van der Waals surface area (Å²) in [7, 11) is 1.51. The van der Waals surface area contributed by atoms with Gasteiger partial charge in [0.15, 0.2) is 11.8 Å². The minimum absolute atomic E-state index is 0.247. The van der Waals surface area contributed by atoms with Gasteiger partial charge in [-0.2, -0.15) is 4.99 Å². The third kappa shape index (κ3) is 3.78. The number of ether oxygens (including phenoxy) is 1. The Labute approximate surface area is 157 Å². The van der Waals surface area contributed by atoms with Crippen LogP contribution in [0.15, 0.2) is 77.3 Å². The SMILES string of the molecule is COC(C1=NC(O)=C(O)C(C(N)=O)N1Cc1ccccc1)c1ccccc1. The van der Waals surface area contributed by atoms with Crippen molar-refractivity contribution in [3.63, 3.8) is 0 Å². The summed E-state index contributed by atoms with van der Waals surface area (Å²) >= 11 is 0. The van der Waals surface area contributed by atoms with Crippen LogP contribution < -0.4 is 5.73 Å². The number of primary amides is 1. The Bertz CT molecular complexity index is 865. The first-order valence-corrected chi connectivity index (χ1v) is 8.41. The van der Waals surface area contributed by atoms with Gasteiger partial charge >= 0.3 is 0 Å². The fraction of sp³-hybridized carbons (Fsp3) is 0.200. The van der Waals surface area contributed by atoms with E-state index in [1.807, 2.05) is 60.7 Å². The number of methoxy groups -OCH3 is 1. The topological polar surface area (TPSA) is 108 Å². The first-order chi connectivity index (χ1) is 13.0. The summed E-state index contributed by atoms with van der Waals surface area (Å²) in [6, 6.07) is 17.4. The van der Waals surface area contributed by atoms with E-state index in [4.69, 9.17) is 10.5 Å². The highest BCUT2D eigenvalue weighted by molar-refractivity contribution is 5.95. The molecular weight excluding hydrogens is 346 g/mol. The van der Waals surface area contributed by atoms with E-state index in [1.165, 1.54) is 7.11 Å². The van der Waals surface area contributed by atoms with Crippen molar-refractivity contribution in [2.24, 2.45) is 10.7 Å². The molecular formula is C20H21N3O4. The monoisotopic (exact) mass is 367 g/mol. The number of aliphatic hydroxyl groups excluding tert-OH is 2. The molecule has 0 bridgehead atoms. The molecule has 0 saturated heterocycles. The summed E-state index contributed by atoms with van der Waals surface area (Å²) in [6.45, 7) is 0.247.